The number of aromatic nitrogens is 2. The first-order chi connectivity index (χ1) is 12.7. The molecule has 1 N–H and O–H groups in total. The van der Waals surface area contributed by atoms with Crippen LogP contribution in [0.5, 0.6) is 5.75 Å². The van der Waals surface area contributed by atoms with Crippen LogP contribution in [0.15, 0.2) is 53.5 Å². The minimum absolute atomic E-state index is 0.0244. The van der Waals surface area contributed by atoms with Crippen molar-refractivity contribution in [3.63, 3.8) is 0 Å². The second-order valence-corrected chi connectivity index (χ2v) is 6.79. The average Bonchev–Trinajstić information content (AvgIpc) is 2.69. The molecule has 3 aromatic rings. The minimum Gasteiger partial charge on any atom is -0.497 e. The first kappa shape index (κ1) is 16.8. The Bertz CT molecular complexity index is 980. The zero-order valence-corrected chi connectivity index (χ0v) is 14.9. The van der Waals surface area contributed by atoms with Crippen LogP contribution >= 0.6 is 0 Å². The van der Waals surface area contributed by atoms with Crippen molar-refractivity contribution >= 4 is 10.8 Å². The molecule has 4 rings (SSSR count). The summed E-state index contributed by atoms with van der Waals surface area (Å²) in [4.78, 5) is 12.5. The molecular weight excluding hydrogens is 326 g/mol. The quantitative estimate of drug-likeness (QED) is 0.769. The highest BCUT2D eigenvalue weighted by Crippen LogP contribution is 2.25. The van der Waals surface area contributed by atoms with Crippen molar-refractivity contribution in [2.24, 2.45) is 0 Å². The summed E-state index contributed by atoms with van der Waals surface area (Å²) in [5.41, 5.74) is 2.74. The number of fused-ring (bicyclic) bond motifs is 2. The van der Waals surface area contributed by atoms with Crippen molar-refractivity contribution in [1.29, 1.82) is 0 Å². The van der Waals surface area contributed by atoms with Crippen molar-refractivity contribution in [3.8, 4) is 5.75 Å². The number of rotatable bonds is 5. The van der Waals surface area contributed by atoms with Gasteiger partial charge in [-0.25, -0.2) is 4.68 Å². The third-order valence-electron chi connectivity index (χ3n) is 5.16. The summed E-state index contributed by atoms with van der Waals surface area (Å²) < 4.78 is 6.89. The highest BCUT2D eigenvalue weighted by molar-refractivity contribution is 5.80. The van der Waals surface area contributed by atoms with Crippen LogP contribution < -0.4 is 15.6 Å². The molecule has 0 aliphatic heterocycles. The number of benzene rings is 2. The number of hydrogen-bond donors (Lipinski definition) is 1. The first-order valence-corrected chi connectivity index (χ1v) is 9.08. The fourth-order valence-corrected chi connectivity index (χ4v) is 3.70. The van der Waals surface area contributed by atoms with E-state index in [4.69, 9.17) is 4.74 Å². The molecule has 1 aliphatic carbocycles. The van der Waals surface area contributed by atoms with E-state index in [9.17, 15) is 4.79 Å². The van der Waals surface area contributed by atoms with Gasteiger partial charge in [-0.1, -0.05) is 24.3 Å². The zero-order valence-electron chi connectivity index (χ0n) is 14.9. The van der Waals surface area contributed by atoms with Crippen LogP contribution in [-0.4, -0.2) is 29.5 Å². The SMILES string of the molecule is COc1ccc2c(c1)CC(NCCn1ncc3ccccc3c1=O)CC2. The van der Waals surface area contributed by atoms with E-state index in [1.165, 1.54) is 11.1 Å². The molecule has 5 heteroatoms. The molecule has 0 spiro atoms. The molecule has 0 saturated carbocycles. The van der Waals surface area contributed by atoms with E-state index in [1.807, 2.05) is 30.3 Å². The maximum atomic E-state index is 12.5. The van der Waals surface area contributed by atoms with E-state index in [0.29, 0.717) is 12.6 Å². The van der Waals surface area contributed by atoms with Crippen molar-refractivity contribution in [1.82, 2.24) is 15.1 Å². The zero-order chi connectivity index (χ0) is 17.9. The van der Waals surface area contributed by atoms with Gasteiger partial charge in [-0.3, -0.25) is 4.79 Å². The Kier molecular flexibility index (Phi) is 4.71. The molecule has 26 heavy (non-hydrogen) atoms. The lowest BCUT2D eigenvalue weighted by Crippen LogP contribution is -2.38. The van der Waals surface area contributed by atoms with Gasteiger partial charge in [0.2, 0.25) is 0 Å². The van der Waals surface area contributed by atoms with Gasteiger partial charge in [-0.05, 0) is 48.6 Å². The molecule has 0 fully saturated rings. The number of aryl methyl sites for hydroxylation is 1. The molecule has 0 radical (unpaired) electrons. The Balaban J connectivity index is 1.39. The molecule has 1 heterocycles. The van der Waals surface area contributed by atoms with Crippen molar-refractivity contribution in [3.05, 3.63) is 70.1 Å². The van der Waals surface area contributed by atoms with Gasteiger partial charge in [0.25, 0.3) is 5.56 Å². The highest BCUT2D eigenvalue weighted by atomic mass is 16.5. The maximum absolute atomic E-state index is 12.5. The molecule has 1 aliphatic rings. The second-order valence-electron chi connectivity index (χ2n) is 6.79. The molecule has 134 valence electrons. The lowest BCUT2D eigenvalue weighted by molar-refractivity contribution is 0.409. The van der Waals surface area contributed by atoms with Crippen molar-refractivity contribution in [2.75, 3.05) is 13.7 Å². The van der Waals surface area contributed by atoms with Gasteiger partial charge in [0, 0.05) is 18.0 Å². The normalized spacial score (nSPS) is 16.4. The monoisotopic (exact) mass is 349 g/mol. The summed E-state index contributed by atoms with van der Waals surface area (Å²) in [7, 11) is 1.70. The van der Waals surface area contributed by atoms with E-state index in [1.54, 1.807) is 18.0 Å². The van der Waals surface area contributed by atoms with Crippen LogP contribution in [0.1, 0.15) is 17.5 Å². The van der Waals surface area contributed by atoms with E-state index < -0.39 is 0 Å². The van der Waals surface area contributed by atoms with Gasteiger partial charge in [0.1, 0.15) is 5.75 Å². The molecule has 1 unspecified atom stereocenters. The van der Waals surface area contributed by atoms with Crippen LogP contribution in [0.4, 0.5) is 0 Å². The molecule has 0 saturated heterocycles. The molecule has 1 aromatic heterocycles. The molecule has 5 nitrogen and oxygen atoms in total. The van der Waals surface area contributed by atoms with Gasteiger partial charge >= 0.3 is 0 Å². The first-order valence-electron chi connectivity index (χ1n) is 9.08. The Hall–Kier alpha value is -2.66. The molecular formula is C21H23N3O2. The highest BCUT2D eigenvalue weighted by Gasteiger charge is 2.18. The van der Waals surface area contributed by atoms with Crippen molar-refractivity contribution in [2.45, 2.75) is 31.8 Å². The van der Waals surface area contributed by atoms with Gasteiger partial charge in [0.05, 0.1) is 25.2 Å². The Morgan fingerprint density at radius 1 is 1.23 bits per heavy atom. The fourth-order valence-electron chi connectivity index (χ4n) is 3.70. The lowest BCUT2D eigenvalue weighted by Gasteiger charge is -2.26. The number of nitrogens with one attached hydrogen (secondary N) is 1. The van der Waals surface area contributed by atoms with Gasteiger partial charge in [-0.15, -0.1) is 0 Å². The van der Waals surface area contributed by atoms with Crippen LogP contribution in [0.3, 0.4) is 0 Å². The van der Waals surface area contributed by atoms with Crippen LogP contribution in [0, 0.1) is 0 Å². The molecule has 2 aromatic carbocycles. The average molecular weight is 349 g/mol. The van der Waals surface area contributed by atoms with Gasteiger partial charge < -0.3 is 10.1 Å². The summed E-state index contributed by atoms with van der Waals surface area (Å²) >= 11 is 0. The van der Waals surface area contributed by atoms with Gasteiger partial charge in [-0.2, -0.15) is 5.10 Å². The summed E-state index contributed by atoms with van der Waals surface area (Å²) in [6.45, 7) is 1.31. The Morgan fingerprint density at radius 3 is 3.00 bits per heavy atom. The van der Waals surface area contributed by atoms with Crippen LogP contribution in [0.2, 0.25) is 0 Å². The van der Waals surface area contributed by atoms with E-state index in [-0.39, 0.29) is 5.56 Å². The standard InChI is InChI=1S/C21H23N3O2/c1-26-19-9-7-15-6-8-18(12-17(15)13-19)22-10-11-24-21(25)20-5-3-2-4-16(20)14-23-24/h2-5,7,9,13-14,18,22H,6,8,10-12H2,1H3. The third-order valence-corrected chi connectivity index (χ3v) is 5.16. The second kappa shape index (κ2) is 7.30. The minimum atomic E-state index is -0.0244. The smallest absolute Gasteiger partial charge is 0.274 e. The summed E-state index contributed by atoms with van der Waals surface area (Å²) in [6, 6.07) is 14.3. The molecule has 1 atom stereocenters. The van der Waals surface area contributed by atoms with Crippen LogP contribution in [0.25, 0.3) is 10.8 Å². The third kappa shape index (κ3) is 3.35. The summed E-state index contributed by atoms with van der Waals surface area (Å²) in [5.74, 6) is 0.913. The predicted molar refractivity (Wildman–Crippen MR) is 103 cm³/mol. The topological polar surface area (TPSA) is 56.1 Å². The summed E-state index contributed by atoms with van der Waals surface area (Å²) in [6.07, 6.45) is 4.94. The largest absolute Gasteiger partial charge is 0.497 e. The lowest BCUT2D eigenvalue weighted by atomic mass is 9.88. The predicted octanol–water partition coefficient (Wildman–Crippen LogP) is 2.55. The molecule has 0 bridgehead atoms. The number of hydrogen-bond acceptors (Lipinski definition) is 4. The van der Waals surface area contributed by atoms with Crippen molar-refractivity contribution < 1.29 is 4.74 Å². The summed E-state index contributed by atoms with van der Waals surface area (Å²) in [5, 5.41) is 9.49. The van der Waals surface area contributed by atoms with E-state index >= 15 is 0 Å². The maximum Gasteiger partial charge on any atom is 0.274 e. The number of methoxy groups -OCH3 is 1. The van der Waals surface area contributed by atoms with E-state index in [0.717, 1.165) is 42.3 Å². The Morgan fingerprint density at radius 2 is 2.12 bits per heavy atom. The van der Waals surface area contributed by atoms with Gasteiger partial charge in [0.15, 0.2) is 0 Å². The number of ether oxygens (including phenoxy) is 1. The molecule has 0 amide bonds. The fraction of sp³-hybridized carbons (Fsp3) is 0.333. The van der Waals surface area contributed by atoms with Crippen LogP contribution in [-0.2, 0) is 19.4 Å². The number of nitrogens with zero attached hydrogens (tertiary/aromatic N) is 2. The van der Waals surface area contributed by atoms with E-state index in [2.05, 4.69) is 22.5 Å². The Labute approximate surface area is 152 Å².